The summed E-state index contributed by atoms with van der Waals surface area (Å²) in [6.45, 7) is 0.877. The first-order valence-corrected chi connectivity index (χ1v) is 7.19. The van der Waals surface area contributed by atoms with Gasteiger partial charge in [-0.1, -0.05) is 12.1 Å². The van der Waals surface area contributed by atoms with Crippen molar-refractivity contribution in [1.29, 1.82) is 0 Å². The molecule has 3 N–H and O–H groups in total. The van der Waals surface area contributed by atoms with Crippen molar-refractivity contribution in [2.75, 3.05) is 20.1 Å². The van der Waals surface area contributed by atoms with Gasteiger partial charge in [0.1, 0.15) is 5.82 Å². The highest BCUT2D eigenvalue weighted by molar-refractivity contribution is 5.80. The van der Waals surface area contributed by atoms with E-state index in [4.69, 9.17) is 5.11 Å². The van der Waals surface area contributed by atoms with Crippen molar-refractivity contribution >= 4 is 11.9 Å². The van der Waals surface area contributed by atoms with Gasteiger partial charge in [-0.2, -0.15) is 0 Å². The first-order valence-electron chi connectivity index (χ1n) is 7.19. The fourth-order valence-corrected chi connectivity index (χ4v) is 2.57. The molecule has 6 nitrogen and oxygen atoms in total. The maximum Gasteiger partial charge on any atom is 0.303 e. The number of hydrogen-bond acceptors (Lipinski definition) is 4. The van der Waals surface area contributed by atoms with Crippen LogP contribution < -0.4 is 10.9 Å². The van der Waals surface area contributed by atoms with Gasteiger partial charge < -0.3 is 10.0 Å². The van der Waals surface area contributed by atoms with Crippen LogP contribution in [-0.4, -0.2) is 42.0 Å². The highest BCUT2D eigenvalue weighted by Gasteiger charge is 2.35. The molecule has 1 aliphatic rings. The van der Waals surface area contributed by atoms with Crippen LogP contribution in [0.1, 0.15) is 24.4 Å². The fourth-order valence-electron chi connectivity index (χ4n) is 2.57. The molecule has 0 aliphatic carbocycles. The Morgan fingerprint density at radius 2 is 2.05 bits per heavy atom. The summed E-state index contributed by atoms with van der Waals surface area (Å²) in [5.41, 5.74) is 6.84. The molecule has 1 heterocycles. The predicted octanol–water partition coefficient (Wildman–Crippen LogP) is 0.914. The Morgan fingerprint density at radius 3 is 2.68 bits per heavy atom. The molecule has 0 spiro atoms. The summed E-state index contributed by atoms with van der Waals surface area (Å²) in [6.07, 6.45) is 0.465. The van der Waals surface area contributed by atoms with E-state index in [0.717, 1.165) is 5.56 Å². The van der Waals surface area contributed by atoms with Gasteiger partial charge in [0.05, 0.1) is 12.0 Å². The minimum absolute atomic E-state index is 0.0418. The molecule has 2 unspecified atom stereocenters. The van der Waals surface area contributed by atoms with Gasteiger partial charge in [-0.05, 0) is 24.1 Å². The first kappa shape index (κ1) is 16.4. The molecule has 0 saturated carbocycles. The minimum Gasteiger partial charge on any atom is -0.481 e. The van der Waals surface area contributed by atoms with Gasteiger partial charge in [0.25, 0.3) is 0 Å². The molecule has 0 radical (unpaired) electrons. The number of carboxylic acid groups (broad SMARTS) is 1. The number of carboxylic acids is 1. The molecule has 1 saturated heterocycles. The summed E-state index contributed by atoms with van der Waals surface area (Å²) >= 11 is 0. The Morgan fingerprint density at radius 1 is 1.36 bits per heavy atom. The van der Waals surface area contributed by atoms with E-state index in [1.807, 2.05) is 0 Å². The largest absolute Gasteiger partial charge is 0.481 e. The number of hydrogen-bond donors (Lipinski definition) is 3. The molecule has 2 rings (SSSR count). The number of nitrogens with one attached hydrogen (secondary N) is 2. The van der Waals surface area contributed by atoms with E-state index in [0.29, 0.717) is 19.5 Å². The van der Waals surface area contributed by atoms with Crippen molar-refractivity contribution in [3.05, 3.63) is 35.6 Å². The van der Waals surface area contributed by atoms with Crippen LogP contribution in [0.15, 0.2) is 24.3 Å². The Kier molecular flexibility index (Phi) is 5.46. The quantitative estimate of drug-likeness (QED) is 0.728. The van der Waals surface area contributed by atoms with Gasteiger partial charge >= 0.3 is 5.97 Å². The normalized spacial score (nSPS) is 20.8. The van der Waals surface area contributed by atoms with Crippen LogP contribution in [0.25, 0.3) is 0 Å². The van der Waals surface area contributed by atoms with Crippen molar-refractivity contribution in [1.82, 2.24) is 15.8 Å². The number of benzene rings is 1. The highest BCUT2D eigenvalue weighted by Crippen LogP contribution is 2.26. The Labute approximate surface area is 128 Å². The van der Waals surface area contributed by atoms with E-state index in [1.165, 1.54) is 12.1 Å². The molecular formula is C15H20FN3O3. The van der Waals surface area contributed by atoms with Gasteiger partial charge in [0.15, 0.2) is 0 Å². The summed E-state index contributed by atoms with van der Waals surface area (Å²) in [6, 6.07) is 5.83. The summed E-state index contributed by atoms with van der Waals surface area (Å²) in [4.78, 5) is 24.6. The number of rotatable bonds is 6. The molecular weight excluding hydrogens is 289 g/mol. The second-order valence-corrected chi connectivity index (χ2v) is 5.42. The second kappa shape index (κ2) is 7.33. The summed E-state index contributed by atoms with van der Waals surface area (Å²) in [5, 5.41) is 8.64. The van der Waals surface area contributed by atoms with Crippen LogP contribution in [0, 0.1) is 11.7 Å². The molecule has 0 aromatic heterocycles. The van der Waals surface area contributed by atoms with Crippen LogP contribution in [0.5, 0.6) is 0 Å². The minimum atomic E-state index is -0.866. The lowest BCUT2D eigenvalue weighted by Gasteiger charge is -2.24. The van der Waals surface area contributed by atoms with E-state index < -0.39 is 5.97 Å². The SMILES string of the molecule is CN(CCCC(=O)O)C(=O)C1CNNC1c1ccc(F)cc1. The van der Waals surface area contributed by atoms with E-state index in [1.54, 1.807) is 24.1 Å². The van der Waals surface area contributed by atoms with Crippen molar-refractivity contribution in [2.24, 2.45) is 5.92 Å². The molecule has 22 heavy (non-hydrogen) atoms. The third-order valence-electron chi connectivity index (χ3n) is 3.79. The topological polar surface area (TPSA) is 81.7 Å². The number of carbonyl (C=O) groups is 2. The molecule has 1 aromatic carbocycles. The molecule has 1 fully saturated rings. The van der Waals surface area contributed by atoms with Crippen LogP contribution >= 0.6 is 0 Å². The number of aliphatic carboxylic acids is 1. The standard InChI is InChI=1S/C15H20FN3O3/c1-19(8-2-3-13(20)21)15(22)12-9-17-18-14(12)10-4-6-11(16)7-5-10/h4-7,12,14,17-18H,2-3,8-9H2,1H3,(H,20,21). The second-order valence-electron chi connectivity index (χ2n) is 5.42. The Balaban J connectivity index is 1.98. The molecule has 7 heteroatoms. The van der Waals surface area contributed by atoms with Gasteiger partial charge in [0.2, 0.25) is 5.91 Å². The highest BCUT2D eigenvalue weighted by atomic mass is 19.1. The van der Waals surface area contributed by atoms with E-state index in [9.17, 15) is 14.0 Å². The molecule has 2 atom stereocenters. The summed E-state index contributed by atoms with van der Waals surface area (Å²) in [7, 11) is 1.67. The zero-order chi connectivity index (χ0) is 16.1. The van der Waals surface area contributed by atoms with Crippen molar-refractivity contribution in [3.8, 4) is 0 Å². The first-order chi connectivity index (χ1) is 10.5. The number of hydrazine groups is 1. The van der Waals surface area contributed by atoms with Crippen LogP contribution in [0.2, 0.25) is 0 Å². The maximum atomic E-state index is 13.0. The van der Waals surface area contributed by atoms with Gasteiger partial charge in [0, 0.05) is 26.6 Å². The van der Waals surface area contributed by atoms with Gasteiger partial charge in [-0.15, -0.1) is 0 Å². The predicted molar refractivity (Wildman–Crippen MR) is 78.3 cm³/mol. The van der Waals surface area contributed by atoms with Gasteiger partial charge in [-0.3, -0.25) is 15.0 Å². The van der Waals surface area contributed by atoms with E-state index in [-0.39, 0.29) is 30.1 Å². The zero-order valence-corrected chi connectivity index (χ0v) is 12.4. The van der Waals surface area contributed by atoms with E-state index >= 15 is 0 Å². The van der Waals surface area contributed by atoms with Crippen molar-refractivity contribution in [2.45, 2.75) is 18.9 Å². The molecule has 120 valence electrons. The third kappa shape index (κ3) is 4.02. The number of amides is 1. The maximum absolute atomic E-state index is 13.0. The molecule has 0 bridgehead atoms. The van der Waals surface area contributed by atoms with E-state index in [2.05, 4.69) is 10.9 Å². The summed E-state index contributed by atoms with van der Waals surface area (Å²) in [5.74, 6) is -1.55. The molecule has 1 aromatic rings. The number of halogens is 1. The average molecular weight is 309 g/mol. The number of carbonyl (C=O) groups excluding carboxylic acids is 1. The van der Waals surface area contributed by atoms with Crippen molar-refractivity contribution < 1.29 is 19.1 Å². The lowest BCUT2D eigenvalue weighted by Crippen LogP contribution is -2.37. The van der Waals surface area contributed by atoms with Gasteiger partial charge in [-0.25, -0.2) is 9.82 Å². The monoisotopic (exact) mass is 309 g/mol. The zero-order valence-electron chi connectivity index (χ0n) is 12.4. The lowest BCUT2D eigenvalue weighted by molar-refractivity contribution is -0.138. The Hall–Kier alpha value is -1.99. The smallest absolute Gasteiger partial charge is 0.303 e. The lowest BCUT2D eigenvalue weighted by atomic mass is 9.93. The Bertz CT molecular complexity index is 535. The van der Waals surface area contributed by atoms with Crippen molar-refractivity contribution in [3.63, 3.8) is 0 Å². The fraction of sp³-hybridized carbons (Fsp3) is 0.467. The average Bonchev–Trinajstić information content (AvgIpc) is 2.96. The molecule has 1 aliphatic heterocycles. The number of nitrogens with zero attached hydrogens (tertiary/aromatic N) is 1. The van der Waals surface area contributed by atoms with Crippen LogP contribution in [-0.2, 0) is 9.59 Å². The van der Waals surface area contributed by atoms with Crippen LogP contribution in [0.4, 0.5) is 4.39 Å². The molecule has 1 amide bonds. The summed E-state index contributed by atoms with van der Waals surface area (Å²) < 4.78 is 13.0. The van der Waals surface area contributed by atoms with Crippen LogP contribution in [0.3, 0.4) is 0 Å². The third-order valence-corrected chi connectivity index (χ3v) is 3.79.